The van der Waals surface area contributed by atoms with E-state index < -0.39 is 6.04 Å². The second-order valence-corrected chi connectivity index (χ2v) is 8.07. The molecule has 1 aromatic carbocycles. The quantitative estimate of drug-likeness (QED) is 0.559. The first-order valence-corrected chi connectivity index (χ1v) is 10.5. The number of aryl methyl sites for hydroxylation is 2. The number of halogens is 1. The summed E-state index contributed by atoms with van der Waals surface area (Å²) in [6.07, 6.45) is 1.11. The SMILES string of the molecule is CC1=C(C(=O)Nc2ccc(F)cc2)C(c2sccc2C)n2nc(CCCO)nc2N1. The number of nitrogens with zero attached hydrogens (tertiary/aromatic N) is 3. The van der Waals surface area contributed by atoms with Crippen molar-refractivity contribution in [3.8, 4) is 0 Å². The van der Waals surface area contributed by atoms with Crippen molar-refractivity contribution < 1.29 is 14.3 Å². The van der Waals surface area contributed by atoms with E-state index in [1.165, 1.54) is 24.3 Å². The molecule has 1 aliphatic rings. The van der Waals surface area contributed by atoms with Gasteiger partial charge in [0.15, 0.2) is 5.82 Å². The van der Waals surface area contributed by atoms with Gasteiger partial charge in [0.2, 0.25) is 5.95 Å². The van der Waals surface area contributed by atoms with E-state index >= 15 is 0 Å². The van der Waals surface area contributed by atoms with E-state index in [4.69, 9.17) is 5.11 Å². The summed E-state index contributed by atoms with van der Waals surface area (Å²) in [4.78, 5) is 18.8. The molecule has 9 heteroatoms. The largest absolute Gasteiger partial charge is 0.396 e. The molecule has 1 amide bonds. The Bertz CT molecular complexity index is 1100. The summed E-state index contributed by atoms with van der Waals surface area (Å²) in [5, 5.41) is 21.8. The highest BCUT2D eigenvalue weighted by Crippen LogP contribution is 2.39. The zero-order chi connectivity index (χ0) is 21.3. The zero-order valence-electron chi connectivity index (χ0n) is 16.6. The summed E-state index contributed by atoms with van der Waals surface area (Å²) in [7, 11) is 0. The number of carbonyl (C=O) groups excluding carboxylic acids is 1. The summed E-state index contributed by atoms with van der Waals surface area (Å²) in [5.41, 5.74) is 2.78. The van der Waals surface area contributed by atoms with Crippen LogP contribution in [0.15, 0.2) is 47.0 Å². The monoisotopic (exact) mass is 427 g/mol. The average molecular weight is 428 g/mol. The molecule has 0 saturated heterocycles. The van der Waals surface area contributed by atoms with Crippen LogP contribution in [0.5, 0.6) is 0 Å². The number of rotatable bonds is 6. The van der Waals surface area contributed by atoms with Gasteiger partial charge in [-0.25, -0.2) is 9.07 Å². The first-order chi connectivity index (χ1) is 14.5. The van der Waals surface area contributed by atoms with Crippen LogP contribution < -0.4 is 10.6 Å². The molecule has 1 aliphatic heterocycles. The first kappa shape index (κ1) is 20.2. The fourth-order valence-corrected chi connectivity index (χ4v) is 4.49. The van der Waals surface area contributed by atoms with Gasteiger partial charge >= 0.3 is 0 Å². The predicted octanol–water partition coefficient (Wildman–Crippen LogP) is 3.64. The Kier molecular flexibility index (Phi) is 5.65. The second-order valence-electron chi connectivity index (χ2n) is 7.12. The van der Waals surface area contributed by atoms with E-state index in [0.29, 0.717) is 41.6 Å². The summed E-state index contributed by atoms with van der Waals surface area (Å²) in [5.74, 6) is 0.523. The van der Waals surface area contributed by atoms with Crippen molar-refractivity contribution in [2.45, 2.75) is 32.7 Å². The first-order valence-electron chi connectivity index (χ1n) is 9.63. The van der Waals surface area contributed by atoms with E-state index in [2.05, 4.69) is 20.7 Å². The van der Waals surface area contributed by atoms with Crippen molar-refractivity contribution in [1.82, 2.24) is 14.8 Å². The highest BCUT2D eigenvalue weighted by atomic mass is 32.1. The molecule has 156 valence electrons. The fourth-order valence-electron chi connectivity index (χ4n) is 3.47. The van der Waals surface area contributed by atoms with Crippen LogP contribution in [0.4, 0.5) is 16.0 Å². The molecule has 3 aromatic rings. The van der Waals surface area contributed by atoms with Crippen LogP contribution in [-0.2, 0) is 11.2 Å². The Labute approximate surface area is 177 Å². The Morgan fingerprint density at radius 3 is 2.73 bits per heavy atom. The van der Waals surface area contributed by atoms with Crippen molar-refractivity contribution in [3.05, 3.63) is 69.1 Å². The molecule has 3 heterocycles. The standard InChI is InChI=1S/C21H22FN5O2S/c1-12-9-11-30-19(12)18-17(20(29)24-15-7-5-14(22)6-8-15)13(2)23-21-25-16(4-3-10-28)26-27(18)21/h5-9,11,18,28H,3-4,10H2,1-2H3,(H,24,29)(H,23,25,26). The third kappa shape index (κ3) is 3.86. The van der Waals surface area contributed by atoms with E-state index in [1.807, 2.05) is 25.3 Å². The molecule has 0 bridgehead atoms. The summed E-state index contributed by atoms with van der Waals surface area (Å²) < 4.78 is 15.0. The molecular formula is C21H22FN5O2S. The molecule has 7 nitrogen and oxygen atoms in total. The lowest BCUT2D eigenvalue weighted by Gasteiger charge is -2.28. The van der Waals surface area contributed by atoms with Crippen molar-refractivity contribution >= 4 is 28.9 Å². The molecule has 2 aromatic heterocycles. The summed E-state index contributed by atoms with van der Waals surface area (Å²) in [6.45, 7) is 3.90. The Balaban J connectivity index is 1.74. The van der Waals surface area contributed by atoms with Gasteiger partial charge < -0.3 is 15.7 Å². The third-order valence-corrected chi connectivity index (χ3v) is 6.02. The highest BCUT2D eigenvalue weighted by molar-refractivity contribution is 7.10. The van der Waals surface area contributed by atoms with Crippen LogP contribution in [0.1, 0.15) is 35.7 Å². The minimum atomic E-state index is -0.433. The maximum Gasteiger partial charge on any atom is 0.255 e. The van der Waals surface area contributed by atoms with Crippen molar-refractivity contribution in [2.24, 2.45) is 0 Å². The zero-order valence-corrected chi connectivity index (χ0v) is 17.5. The number of fused-ring (bicyclic) bond motifs is 1. The van der Waals surface area contributed by atoms with Crippen molar-refractivity contribution in [1.29, 1.82) is 0 Å². The lowest BCUT2D eigenvalue weighted by Crippen LogP contribution is -2.31. The minimum absolute atomic E-state index is 0.0629. The molecule has 1 atom stereocenters. The van der Waals surface area contributed by atoms with Crippen LogP contribution in [0, 0.1) is 12.7 Å². The Hall–Kier alpha value is -3.04. The van der Waals surface area contributed by atoms with Gasteiger partial charge in [0, 0.05) is 29.3 Å². The highest BCUT2D eigenvalue weighted by Gasteiger charge is 2.35. The van der Waals surface area contributed by atoms with E-state index in [0.717, 1.165) is 10.4 Å². The molecule has 4 rings (SSSR count). The number of amides is 1. The number of allylic oxidation sites excluding steroid dienone is 1. The van der Waals surface area contributed by atoms with Crippen LogP contribution in [0.3, 0.4) is 0 Å². The van der Waals surface area contributed by atoms with Gasteiger partial charge in [0.05, 0.1) is 5.57 Å². The Morgan fingerprint density at radius 1 is 1.30 bits per heavy atom. The van der Waals surface area contributed by atoms with Crippen LogP contribution >= 0.6 is 11.3 Å². The second kappa shape index (κ2) is 8.37. The van der Waals surface area contributed by atoms with E-state index in [9.17, 15) is 9.18 Å². The maximum absolute atomic E-state index is 13.3. The van der Waals surface area contributed by atoms with Gasteiger partial charge in [0.1, 0.15) is 11.9 Å². The van der Waals surface area contributed by atoms with Gasteiger partial charge in [-0.15, -0.1) is 11.3 Å². The number of hydrogen-bond acceptors (Lipinski definition) is 6. The molecule has 0 spiro atoms. The minimum Gasteiger partial charge on any atom is -0.396 e. The fraction of sp³-hybridized carbons (Fsp3) is 0.286. The van der Waals surface area contributed by atoms with Gasteiger partial charge in [-0.3, -0.25) is 4.79 Å². The van der Waals surface area contributed by atoms with Crippen molar-refractivity contribution in [2.75, 3.05) is 17.2 Å². The predicted molar refractivity (Wildman–Crippen MR) is 114 cm³/mol. The number of aliphatic hydroxyl groups excluding tert-OH is 1. The van der Waals surface area contributed by atoms with Crippen LogP contribution in [-0.4, -0.2) is 32.4 Å². The van der Waals surface area contributed by atoms with E-state index in [1.54, 1.807) is 16.0 Å². The van der Waals surface area contributed by atoms with Gasteiger partial charge in [-0.05, 0) is 61.5 Å². The topological polar surface area (TPSA) is 92.1 Å². The number of thiophene rings is 1. The summed E-state index contributed by atoms with van der Waals surface area (Å²) in [6, 6.07) is 7.24. The number of aliphatic hydroxyl groups is 1. The summed E-state index contributed by atoms with van der Waals surface area (Å²) >= 11 is 1.56. The molecule has 0 saturated carbocycles. The smallest absolute Gasteiger partial charge is 0.255 e. The molecule has 3 N–H and O–H groups in total. The van der Waals surface area contributed by atoms with Crippen LogP contribution in [0.25, 0.3) is 0 Å². The number of hydrogen-bond donors (Lipinski definition) is 3. The van der Waals surface area contributed by atoms with Crippen LogP contribution in [0.2, 0.25) is 0 Å². The maximum atomic E-state index is 13.3. The number of aromatic nitrogens is 3. The van der Waals surface area contributed by atoms with Gasteiger partial charge in [0.25, 0.3) is 5.91 Å². The molecular weight excluding hydrogens is 405 g/mol. The number of carbonyl (C=O) groups is 1. The van der Waals surface area contributed by atoms with Gasteiger partial charge in [-0.2, -0.15) is 10.1 Å². The lowest BCUT2D eigenvalue weighted by molar-refractivity contribution is -0.113. The number of benzene rings is 1. The third-order valence-electron chi connectivity index (χ3n) is 4.95. The number of anilines is 2. The lowest BCUT2D eigenvalue weighted by atomic mass is 9.99. The molecule has 0 aliphatic carbocycles. The Morgan fingerprint density at radius 2 is 2.07 bits per heavy atom. The molecule has 1 unspecified atom stereocenters. The average Bonchev–Trinajstić information content (AvgIpc) is 3.32. The number of nitrogens with one attached hydrogen (secondary N) is 2. The molecule has 0 radical (unpaired) electrons. The van der Waals surface area contributed by atoms with Gasteiger partial charge in [-0.1, -0.05) is 0 Å². The van der Waals surface area contributed by atoms with Crippen molar-refractivity contribution in [3.63, 3.8) is 0 Å². The molecule has 30 heavy (non-hydrogen) atoms. The van der Waals surface area contributed by atoms with E-state index in [-0.39, 0.29) is 18.3 Å². The molecule has 0 fully saturated rings. The normalized spacial score (nSPS) is 15.7.